The predicted molar refractivity (Wildman–Crippen MR) is 71.8 cm³/mol. The Morgan fingerprint density at radius 3 is 2.78 bits per heavy atom. The SMILES string of the molecule is CC(C)CNC(=O)CCNc1ccc(F)cc1N. The van der Waals surface area contributed by atoms with Gasteiger partial charge in [0.2, 0.25) is 5.91 Å². The van der Waals surface area contributed by atoms with E-state index in [1.807, 2.05) is 13.8 Å². The van der Waals surface area contributed by atoms with Crippen molar-refractivity contribution in [2.75, 3.05) is 24.1 Å². The van der Waals surface area contributed by atoms with E-state index in [4.69, 9.17) is 5.73 Å². The second-order valence-electron chi connectivity index (χ2n) is 4.61. The largest absolute Gasteiger partial charge is 0.397 e. The molecule has 1 amide bonds. The molecule has 0 aliphatic heterocycles. The molecule has 0 fully saturated rings. The molecule has 0 heterocycles. The molecule has 0 atom stereocenters. The Morgan fingerprint density at radius 1 is 1.44 bits per heavy atom. The molecule has 1 aromatic carbocycles. The van der Waals surface area contributed by atoms with Crippen molar-refractivity contribution in [2.45, 2.75) is 20.3 Å². The zero-order valence-corrected chi connectivity index (χ0v) is 10.8. The smallest absolute Gasteiger partial charge is 0.221 e. The number of carbonyl (C=O) groups excluding carboxylic acids is 1. The molecule has 18 heavy (non-hydrogen) atoms. The zero-order chi connectivity index (χ0) is 13.5. The summed E-state index contributed by atoms with van der Waals surface area (Å²) in [4.78, 5) is 11.4. The maximum atomic E-state index is 12.8. The fourth-order valence-electron chi connectivity index (χ4n) is 1.41. The molecular formula is C13H20FN3O. The second kappa shape index (κ2) is 6.83. The standard InChI is InChI=1S/C13H20FN3O/c1-9(2)8-17-13(18)5-6-16-12-4-3-10(14)7-11(12)15/h3-4,7,9,16H,5-6,8,15H2,1-2H3,(H,17,18). The molecule has 0 aliphatic carbocycles. The number of anilines is 2. The second-order valence-corrected chi connectivity index (χ2v) is 4.61. The molecule has 0 aliphatic rings. The van der Waals surface area contributed by atoms with Crippen molar-refractivity contribution in [2.24, 2.45) is 5.92 Å². The summed E-state index contributed by atoms with van der Waals surface area (Å²) in [6.07, 6.45) is 0.365. The van der Waals surface area contributed by atoms with Crippen molar-refractivity contribution >= 4 is 17.3 Å². The Morgan fingerprint density at radius 2 is 2.17 bits per heavy atom. The molecule has 0 saturated carbocycles. The lowest BCUT2D eigenvalue weighted by Gasteiger charge is -2.10. The van der Waals surface area contributed by atoms with Crippen LogP contribution in [0, 0.1) is 11.7 Å². The minimum atomic E-state index is -0.368. The van der Waals surface area contributed by atoms with Crippen LogP contribution in [0.2, 0.25) is 0 Å². The molecule has 0 aromatic heterocycles. The average molecular weight is 253 g/mol. The lowest BCUT2D eigenvalue weighted by atomic mass is 10.2. The number of amides is 1. The van der Waals surface area contributed by atoms with Crippen LogP contribution >= 0.6 is 0 Å². The highest BCUT2D eigenvalue weighted by atomic mass is 19.1. The quantitative estimate of drug-likeness (QED) is 0.679. The molecule has 0 radical (unpaired) electrons. The molecule has 0 unspecified atom stereocenters. The third kappa shape index (κ3) is 5.03. The topological polar surface area (TPSA) is 67.2 Å². The van der Waals surface area contributed by atoms with Crippen LogP contribution in [0.25, 0.3) is 0 Å². The Labute approximate surface area is 107 Å². The van der Waals surface area contributed by atoms with Crippen LogP contribution in [0.1, 0.15) is 20.3 Å². The molecule has 0 spiro atoms. The number of nitrogens with two attached hydrogens (primary N) is 1. The first-order chi connectivity index (χ1) is 8.49. The van der Waals surface area contributed by atoms with Crippen molar-refractivity contribution in [3.63, 3.8) is 0 Å². The summed E-state index contributed by atoms with van der Waals surface area (Å²) < 4.78 is 12.8. The van der Waals surface area contributed by atoms with Gasteiger partial charge in [0.05, 0.1) is 11.4 Å². The molecule has 1 rings (SSSR count). The Bertz CT molecular complexity index is 407. The summed E-state index contributed by atoms with van der Waals surface area (Å²) in [5.74, 6) is 0.0688. The van der Waals surface area contributed by atoms with Crippen molar-refractivity contribution in [3.8, 4) is 0 Å². The number of rotatable bonds is 6. The van der Waals surface area contributed by atoms with Gasteiger partial charge in [0.1, 0.15) is 5.82 Å². The van der Waals surface area contributed by atoms with Gasteiger partial charge in [-0.1, -0.05) is 13.8 Å². The number of hydrogen-bond acceptors (Lipinski definition) is 3. The lowest BCUT2D eigenvalue weighted by Crippen LogP contribution is -2.28. The lowest BCUT2D eigenvalue weighted by molar-refractivity contribution is -0.120. The van der Waals surface area contributed by atoms with E-state index >= 15 is 0 Å². The van der Waals surface area contributed by atoms with Gasteiger partial charge in [-0.2, -0.15) is 0 Å². The molecule has 0 saturated heterocycles. The summed E-state index contributed by atoms with van der Waals surface area (Å²) in [5.41, 5.74) is 6.62. The molecular weight excluding hydrogens is 233 g/mol. The van der Waals surface area contributed by atoms with Gasteiger partial charge >= 0.3 is 0 Å². The van der Waals surface area contributed by atoms with E-state index in [0.717, 1.165) is 0 Å². The number of benzene rings is 1. The normalized spacial score (nSPS) is 10.4. The van der Waals surface area contributed by atoms with Crippen LogP contribution in [-0.2, 0) is 4.79 Å². The number of nitrogens with one attached hydrogen (secondary N) is 2. The summed E-state index contributed by atoms with van der Waals surface area (Å²) in [6.45, 7) is 5.23. The number of hydrogen-bond donors (Lipinski definition) is 3. The average Bonchev–Trinajstić information content (AvgIpc) is 2.29. The summed E-state index contributed by atoms with van der Waals surface area (Å²) in [5, 5.41) is 5.83. The van der Waals surface area contributed by atoms with Crippen molar-refractivity contribution in [1.29, 1.82) is 0 Å². The Kier molecular flexibility index (Phi) is 5.42. The van der Waals surface area contributed by atoms with Crippen molar-refractivity contribution < 1.29 is 9.18 Å². The zero-order valence-electron chi connectivity index (χ0n) is 10.8. The first-order valence-corrected chi connectivity index (χ1v) is 6.04. The summed E-state index contributed by atoms with van der Waals surface area (Å²) in [6, 6.07) is 4.15. The molecule has 5 heteroatoms. The number of nitrogen functional groups attached to an aromatic ring is 1. The van der Waals surface area contributed by atoms with Gasteiger partial charge in [0.15, 0.2) is 0 Å². The van der Waals surface area contributed by atoms with Crippen LogP contribution in [0.5, 0.6) is 0 Å². The minimum Gasteiger partial charge on any atom is -0.397 e. The van der Waals surface area contributed by atoms with Gasteiger partial charge in [-0.05, 0) is 24.1 Å². The van der Waals surface area contributed by atoms with Gasteiger partial charge in [0, 0.05) is 19.5 Å². The van der Waals surface area contributed by atoms with Crippen molar-refractivity contribution in [3.05, 3.63) is 24.0 Å². The maximum Gasteiger partial charge on any atom is 0.221 e. The molecule has 1 aromatic rings. The number of carbonyl (C=O) groups is 1. The molecule has 100 valence electrons. The van der Waals surface area contributed by atoms with Crippen LogP contribution in [0.3, 0.4) is 0 Å². The van der Waals surface area contributed by atoms with Gasteiger partial charge in [0.25, 0.3) is 0 Å². The monoisotopic (exact) mass is 253 g/mol. The Hall–Kier alpha value is -1.78. The van der Waals surface area contributed by atoms with Gasteiger partial charge in [-0.25, -0.2) is 4.39 Å². The first kappa shape index (κ1) is 14.3. The predicted octanol–water partition coefficient (Wildman–Crippen LogP) is 1.98. The van der Waals surface area contributed by atoms with E-state index in [0.29, 0.717) is 36.8 Å². The summed E-state index contributed by atoms with van der Waals surface area (Å²) >= 11 is 0. The third-order valence-electron chi connectivity index (χ3n) is 2.39. The van der Waals surface area contributed by atoms with Crippen LogP contribution in [0.4, 0.5) is 15.8 Å². The maximum absolute atomic E-state index is 12.8. The third-order valence-corrected chi connectivity index (χ3v) is 2.39. The van der Waals surface area contributed by atoms with Gasteiger partial charge in [-0.3, -0.25) is 4.79 Å². The molecule has 4 nitrogen and oxygen atoms in total. The van der Waals surface area contributed by atoms with E-state index in [-0.39, 0.29) is 11.7 Å². The summed E-state index contributed by atoms with van der Waals surface area (Å²) in [7, 11) is 0. The fraction of sp³-hybridized carbons (Fsp3) is 0.462. The van der Waals surface area contributed by atoms with Crippen molar-refractivity contribution in [1.82, 2.24) is 5.32 Å². The van der Waals surface area contributed by atoms with E-state index in [2.05, 4.69) is 10.6 Å². The van der Waals surface area contributed by atoms with Gasteiger partial charge < -0.3 is 16.4 Å². The van der Waals surface area contributed by atoms with E-state index in [1.54, 1.807) is 6.07 Å². The molecule has 4 N–H and O–H groups in total. The van der Waals surface area contributed by atoms with Crippen LogP contribution < -0.4 is 16.4 Å². The van der Waals surface area contributed by atoms with E-state index in [1.165, 1.54) is 12.1 Å². The highest BCUT2D eigenvalue weighted by Gasteiger charge is 2.04. The van der Waals surface area contributed by atoms with Crippen LogP contribution in [0.15, 0.2) is 18.2 Å². The molecule has 0 bridgehead atoms. The van der Waals surface area contributed by atoms with Crippen LogP contribution in [-0.4, -0.2) is 19.0 Å². The number of halogens is 1. The van der Waals surface area contributed by atoms with E-state index < -0.39 is 0 Å². The van der Waals surface area contributed by atoms with Gasteiger partial charge in [-0.15, -0.1) is 0 Å². The Balaban J connectivity index is 2.31. The first-order valence-electron chi connectivity index (χ1n) is 6.04. The highest BCUT2D eigenvalue weighted by Crippen LogP contribution is 2.18. The fourth-order valence-corrected chi connectivity index (χ4v) is 1.41. The van der Waals surface area contributed by atoms with E-state index in [9.17, 15) is 9.18 Å². The highest BCUT2D eigenvalue weighted by molar-refractivity contribution is 5.76. The minimum absolute atomic E-state index is 0.00289.